The molecule has 0 fully saturated rings. The molecule has 4 nitrogen and oxygen atoms in total. The van der Waals surface area contributed by atoms with Gasteiger partial charge in [0, 0.05) is 28.9 Å². The summed E-state index contributed by atoms with van der Waals surface area (Å²) in [6, 6.07) is 6.81. The highest BCUT2D eigenvalue weighted by Crippen LogP contribution is 2.28. The molecule has 0 bridgehead atoms. The largest absolute Gasteiger partial charge is 0.396 e. The van der Waals surface area contributed by atoms with Gasteiger partial charge in [-0.1, -0.05) is 23.2 Å². The number of aromatic nitrogens is 1. The third-order valence-corrected chi connectivity index (χ3v) is 3.06. The molecular formula is C13H9Cl2N3O. The first-order chi connectivity index (χ1) is 8.93. The van der Waals surface area contributed by atoms with Gasteiger partial charge in [0.25, 0.3) is 0 Å². The summed E-state index contributed by atoms with van der Waals surface area (Å²) in [7, 11) is 0. The number of halogens is 2. The Morgan fingerprint density at radius 3 is 2.37 bits per heavy atom. The minimum Gasteiger partial charge on any atom is -0.396 e. The third-order valence-electron chi connectivity index (χ3n) is 2.62. The highest BCUT2D eigenvalue weighted by molar-refractivity contribution is 6.34. The van der Waals surface area contributed by atoms with Gasteiger partial charge in [0.1, 0.15) is 11.8 Å². The van der Waals surface area contributed by atoms with E-state index in [1.54, 1.807) is 18.2 Å². The van der Waals surface area contributed by atoms with Crippen LogP contribution in [0.15, 0.2) is 24.4 Å². The van der Waals surface area contributed by atoms with Gasteiger partial charge < -0.3 is 10.3 Å². The Bertz CT molecular complexity index is 693. The molecular weight excluding hydrogens is 285 g/mol. The maximum absolute atomic E-state index is 11.7. The van der Waals surface area contributed by atoms with Crippen LogP contribution in [-0.2, 0) is 0 Å². The molecule has 1 aromatic carbocycles. The van der Waals surface area contributed by atoms with Gasteiger partial charge >= 0.3 is 0 Å². The second-order valence-electron chi connectivity index (χ2n) is 3.97. The van der Waals surface area contributed by atoms with Crippen LogP contribution in [0.3, 0.4) is 0 Å². The minimum atomic E-state index is -0.241. The van der Waals surface area contributed by atoms with Crippen LogP contribution >= 0.6 is 23.2 Å². The highest BCUT2D eigenvalue weighted by Gasteiger charge is 2.18. The average molecular weight is 294 g/mol. The lowest BCUT2D eigenvalue weighted by molar-refractivity contribution is 0.101. The van der Waals surface area contributed by atoms with Crippen molar-refractivity contribution >= 4 is 34.7 Å². The van der Waals surface area contributed by atoms with Gasteiger partial charge in [-0.15, -0.1) is 0 Å². The fraction of sp³-hybridized carbons (Fsp3) is 0.0769. The number of hydrogen-bond donors (Lipinski definition) is 1. The summed E-state index contributed by atoms with van der Waals surface area (Å²) < 4.78 is 1.52. The number of nitrogen functional groups attached to an aromatic ring is 1. The SMILES string of the molecule is CC(=O)c1c(N)c(C#N)cn1-c1cc(Cl)cc(Cl)c1. The third kappa shape index (κ3) is 2.43. The van der Waals surface area contributed by atoms with Gasteiger partial charge in [-0.05, 0) is 18.2 Å². The lowest BCUT2D eigenvalue weighted by Gasteiger charge is -2.08. The van der Waals surface area contributed by atoms with Gasteiger partial charge in [-0.3, -0.25) is 4.79 Å². The smallest absolute Gasteiger partial charge is 0.178 e. The Morgan fingerprint density at radius 1 is 1.32 bits per heavy atom. The fourth-order valence-electron chi connectivity index (χ4n) is 1.85. The van der Waals surface area contributed by atoms with Crippen molar-refractivity contribution in [2.75, 3.05) is 5.73 Å². The maximum atomic E-state index is 11.7. The molecule has 1 heterocycles. The summed E-state index contributed by atoms with van der Waals surface area (Å²) in [4.78, 5) is 11.7. The number of nitrogens with zero attached hydrogens (tertiary/aromatic N) is 2. The summed E-state index contributed by atoms with van der Waals surface area (Å²) >= 11 is 11.9. The van der Waals surface area contributed by atoms with Crippen LogP contribution in [0.5, 0.6) is 0 Å². The lowest BCUT2D eigenvalue weighted by atomic mass is 10.2. The topological polar surface area (TPSA) is 71.8 Å². The van der Waals surface area contributed by atoms with Gasteiger partial charge in [0.15, 0.2) is 5.78 Å². The van der Waals surface area contributed by atoms with Crippen LogP contribution in [0.4, 0.5) is 5.69 Å². The number of carbonyl (C=O) groups excluding carboxylic acids is 1. The van der Waals surface area contributed by atoms with Crippen molar-refractivity contribution in [2.24, 2.45) is 0 Å². The first-order valence-electron chi connectivity index (χ1n) is 5.32. The zero-order valence-corrected chi connectivity index (χ0v) is 11.5. The summed E-state index contributed by atoms with van der Waals surface area (Å²) in [6.45, 7) is 1.38. The van der Waals surface area contributed by atoms with Gasteiger partial charge in [0.2, 0.25) is 0 Å². The van der Waals surface area contributed by atoms with E-state index in [4.69, 9.17) is 34.2 Å². The molecule has 0 saturated heterocycles. The molecule has 0 saturated carbocycles. The molecule has 0 amide bonds. The van der Waals surface area contributed by atoms with E-state index in [1.165, 1.54) is 17.7 Å². The highest BCUT2D eigenvalue weighted by atomic mass is 35.5. The second kappa shape index (κ2) is 4.96. The molecule has 6 heteroatoms. The van der Waals surface area contributed by atoms with E-state index in [0.29, 0.717) is 15.7 Å². The number of benzene rings is 1. The normalized spacial score (nSPS) is 10.2. The molecule has 1 aromatic heterocycles. The Hall–Kier alpha value is -1.96. The number of ketones is 1. The van der Waals surface area contributed by atoms with Crippen molar-refractivity contribution in [3.63, 3.8) is 0 Å². The number of nitriles is 1. The van der Waals surface area contributed by atoms with E-state index >= 15 is 0 Å². The van der Waals surface area contributed by atoms with E-state index in [9.17, 15) is 4.79 Å². The van der Waals surface area contributed by atoms with Gasteiger partial charge in [-0.25, -0.2) is 0 Å². The second-order valence-corrected chi connectivity index (χ2v) is 4.84. The van der Waals surface area contributed by atoms with Crippen molar-refractivity contribution in [1.82, 2.24) is 4.57 Å². The lowest BCUT2D eigenvalue weighted by Crippen LogP contribution is -2.06. The molecule has 0 aliphatic heterocycles. The monoisotopic (exact) mass is 293 g/mol. The van der Waals surface area contributed by atoms with Gasteiger partial charge in [-0.2, -0.15) is 5.26 Å². The number of hydrogen-bond acceptors (Lipinski definition) is 3. The summed E-state index contributed by atoms with van der Waals surface area (Å²) in [5.41, 5.74) is 7.02. The summed E-state index contributed by atoms with van der Waals surface area (Å²) in [5, 5.41) is 9.85. The zero-order valence-electron chi connectivity index (χ0n) is 9.95. The van der Waals surface area contributed by atoms with Crippen molar-refractivity contribution in [3.05, 3.63) is 45.7 Å². The van der Waals surface area contributed by atoms with Crippen LogP contribution < -0.4 is 5.73 Å². The van der Waals surface area contributed by atoms with Crippen LogP contribution in [0.25, 0.3) is 5.69 Å². The van der Waals surface area contributed by atoms with Crippen LogP contribution in [0, 0.1) is 11.3 Å². The number of nitrogens with two attached hydrogens (primary N) is 1. The molecule has 2 N–H and O–H groups in total. The molecule has 0 unspecified atom stereocenters. The quantitative estimate of drug-likeness (QED) is 0.862. The molecule has 2 rings (SSSR count). The van der Waals surface area contributed by atoms with Crippen molar-refractivity contribution < 1.29 is 4.79 Å². The zero-order chi connectivity index (χ0) is 14.2. The Balaban J connectivity index is 2.75. The van der Waals surface area contributed by atoms with Gasteiger partial charge in [0.05, 0.1) is 11.3 Å². The maximum Gasteiger partial charge on any atom is 0.178 e. The Kier molecular flexibility index (Phi) is 3.52. The molecule has 2 aromatic rings. The Labute approximate surface area is 120 Å². The predicted octanol–water partition coefficient (Wildman–Crippen LogP) is 3.44. The molecule has 0 aliphatic rings. The molecule has 96 valence electrons. The molecule has 0 radical (unpaired) electrons. The van der Waals surface area contributed by atoms with Crippen LogP contribution in [-0.4, -0.2) is 10.4 Å². The summed E-state index contributed by atoms with van der Waals surface area (Å²) in [5.74, 6) is -0.241. The van der Waals surface area contributed by atoms with Crippen molar-refractivity contribution in [3.8, 4) is 11.8 Å². The minimum absolute atomic E-state index is 0.158. The molecule has 0 atom stereocenters. The van der Waals surface area contributed by atoms with E-state index in [1.807, 2.05) is 6.07 Å². The summed E-state index contributed by atoms with van der Waals surface area (Å²) in [6.07, 6.45) is 1.49. The number of rotatable bonds is 2. The van der Waals surface area contributed by atoms with Crippen molar-refractivity contribution in [1.29, 1.82) is 5.26 Å². The number of Topliss-reactive ketones (excluding diaryl/α,β-unsaturated/α-hetero) is 1. The van der Waals surface area contributed by atoms with Crippen LogP contribution in [0.2, 0.25) is 10.0 Å². The Morgan fingerprint density at radius 2 is 1.89 bits per heavy atom. The average Bonchev–Trinajstić information content (AvgIpc) is 2.65. The van der Waals surface area contributed by atoms with Crippen LogP contribution in [0.1, 0.15) is 23.0 Å². The van der Waals surface area contributed by atoms with E-state index in [0.717, 1.165) is 0 Å². The van der Waals surface area contributed by atoms with E-state index in [-0.39, 0.29) is 22.7 Å². The number of anilines is 1. The number of carbonyl (C=O) groups is 1. The first-order valence-corrected chi connectivity index (χ1v) is 6.08. The molecule has 19 heavy (non-hydrogen) atoms. The molecule has 0 aliphatic carbocycles. The van der Waals surface area contributed by atoms with E-state index < -0.39 is 0 Å². The predicted molar refractivity (Wildman–Crippen MR) is 74.9 cm³/mol. The van der Waals surface area contributed by atoms with Crippen molar-refractivity contribution in [2.45, 2.75) is 6.92 Å². The standard InChI is InChI=1S/C13H9Cl2N3O/c1-7(19)13-12(17)8(5-16)6-18(13)11-3-9(14)2-10(15)4-11/h2-4,6H,17H2,1H3. The van der Waals surface area contributed by atoms with E-state index in [2.05, 4.69) is 0 Å². The first kappa shape index (κ1) is 13.5. The molecule has 0 spiro atoms. The fourth-order valence-corrected chi connectivity index (χ4v) is 2.37.